The molecule has 9 rings (SSSR count). The van der Waals surface area contributed by atoms with Crippen molar-refractivity contribution in [1.29, 1.82) is 0 Å². The van der Waals surface area contributed by atoms with Crippen molar-refractivity contribution in [2.75, 3.05) is 0 Å². The molecule has 5 nitrogen and oxygen atoms in total. The Morgan fingerprint density at radius 3 is 2.20 bits per heavy atom. The minimum absolute atomic E-state index is 0.752. The smallest absolute Gasteiger partial charge is 0.244 e. The monoisotopic (exact) mass is 592 g/mol. The van der Waals surface area contributed by atoms with E-state index in [4.69, 9.17) is 9.73 Å². The van der Waals surface area contributed by atoms with Crippen molar-refractivity contribution in [2.45, 2.75) is 0 Å². The van der Waals surface area contributed by atoms with Crippen LogP contribution >= 0.6 is 0 Å². The maximum Gasteiger partial charge on any atom is 0.244 e. The van der Waals surface area contributed by atoms with E-state index in [0.29, 0.717) is 0 Å². The molecule has 1 aliphatic rings. The van der Waals surface area contributed by atoms with Gasteiger partial charge in [-0.2, -0.15) is 0 Å². The maximum atomic E-state index is 6.55. The third-order valence-corrected chi connectivity index (χ3v) is 8.75. The number of nitrogens with zero attached hydrogens (tertiary/aromatic N) is 4. The quantitative estimate of drug-likeness (QED) is 0.148. The largest absolute Gasteiger partial charge is 0.458 e. The topological polar surface area (TPSA) is 35.3 Å². The van der Waals surface area contributed by atoms with Gasteiger partial charge in [-0.1, -0.05) is 103 Å². The third kappa shape index (κ3) is 4.25. The zero-order valence-corrected chi connectivity index (χ0v) is 25.1. The van der Waals surface area contributed by atoms with E-state index >= 15 is 0 Å². The fraction of sp³-hybridized carbons (Fsp3) is 0.0244. The Labute approximate surface area is 266 Å². The number of imidazole rings is 1. The summed E-state index contributed by atoms with van der Waals surface area (Å²) in [5.74, 6) is 2.35. The summed E-state index contributed by atoms with van der Waals surface area (Å²) in [7, 11) is 2.01. The number of para-hydroxylation sites is 3. The van der Waals surface area contributed by atoms with Gasteiger partial charge in [0.1, 0.15) is 17.3 Å². The van der Waals surface area contributed by atoms with Gasteiger partial charge in [0.25, 0.3) is 0 Å². The van der Waals surface area contributed by atoms with Crippen LogP contribution in [0.15, 0.2) is 145 Å². The van der Waals surface area contributed by atoms with Gasteiger partial charge in [0.05, 0.1) is 34.8 Å². The lowest BCUT2D eigenvalue weighted by Gasteiger charge is -2.16. The van der Waals surface area contributed by atoms with Crippen LogP contribution in [0.4, 0.5) is 0 Å². The molecule has 3 heterocycles. The van der Waals surface area contributed by atoms with Crippen molar-refractivity contribution in [3.8, 4) is 28.3 Å². The zero-order valence-electron chi connectivity index (χ0n) is 25.1. The summed E-state index contributed by atoms with van der Waals surface area (Å²) >= 11 is 0. The van der Waals surface area contributed by atoms with Crippen molar-refractivity contribution in [1.82, 2.24) is 9.13 Å². The molecule has 46 heavy (non-hydrogen) atoms. The Hall–Kier alpha value is -6.20. The minimum atomic E-state index is 0.752. The first-order valence-corrected chi connectivity index (χ1v) is 15.4. The van der Waals surface area contributed by atoms with Gasteiger partial charge in [0.2, 0.25) is 6.33 Å². The molecular weight excluding hydrogens is 564 g/mol. The van der Waals surface area contributed by atoms with Crippen molar-refractivity contribution < 1.29 is 9.30 Å². The number of rotatable bonds is 4. The van der Waals surface area contributed by atoms with E-state index in [-0.39, 0.29) is 0 Å². The fourth-order valence-electron chi connectivity index (χ4n) is 6.63. The lowest BCUT2D eigenvalue weighted by atomic mass is 9.95. The molecule has 0 radical (unpaired) electrons. The van der Waals surface area contributed by atoms with E-state index in [9.17, 15) is 0 Å². The highest BCUT2D eigenvalue weighted by molar-refractivity contribution is 6.11. The summed E-state index contributed by atoms with van der Waals surface area (Å²) in [6.07, 6.45) is 7.58. The molecule has 0 bridgehead atoms. The molecule has 1 aliphatic heterocycles. The van der Waals surface area contributed by atoms with Gasteiger partial charge in [-0.25, -0.2) is 4.99 Å². The molecule has 5 heteroatoms. The number of hydrogen-bond acceptors (Lipinski definition) is 2. The van der Waals surface area contributed by atoms with Crippen LogP contribution in [0.1, 0.15) is 11.1 Å². The molecule has 0 amide bonds. The Morgan fingerprint density at radius 1 is 0.609 bits per heavy atom. The van der Waals surface area contributed by atoms with Crippen LogP contribution in [0, 0.1) is 6.33 Å². The first kappa shape index (κ1) is 26.2. The molecule has 0 unspecified atom stereocenters. The number of aryl methyl sites for hydroxylation is 1. The summed E-state index contributed by atoms with van der Waals surface area (Å²) in [6, 6.07) is 48.2. The van der Waals surface area contributed by atoms with Gasteiger partial charge < -0.3 is 13.9 Å². The standard InChI is InChI=1S/C41H28N4O/c1-43-27-44(39-20-9-8-19-38(39)43)30-13-10-14-31(24-30)46-32-21-22-36-35-17-6-7-18-37(35)45(40(36)25-32)41-23-28-11-2-4-15-33(28)34-16-5-3-12-29(34)26-42-41/h2-26H,1H3/b28-23?,29-26?,34-33?,41-23+,42-26-,42-41?. The summed E-state index contributed by atoms with van der Waals surface area (Å²) in [4.78, 5) is 5.10. The highest BCUT2D eigenvalue weighted by Crippen LogP contribution is 2.38. The van der Waals surface area contributed by atoms with Gasteiger partial charge in [-0.05, 0) is 53.1 Å². The first-order chi connectivity index (χ1) is 22.7. The Kier molecular flexibility index (Phi) is 5.96. The summed E-state index contributed by atoms with van der Waals surface area (Å²) < 4.78 is 12.9. The minimum Gasteiger partial charge on any atom is -0.458 e. The van der Waals surface area contributed by atoms with E-state index in [2.05, 4.69) is 131 Å². The van der Waals surface area contributed by atoms with Gasteiger partial charge in [0.15, 0.2) is 0 Å². The summed E-state index contributed by atoms with van der Waals surface area (Å²) in [6.45, 7) is 0. The van der Waals surface area contributed by atoms with Crippen LogP contribution in [-0.2, 0) is 7.05 Å². The second-order valence-electron chi connectivity index (χ2n) is 11.5. The van der Waals surface area contributed by atoms with E-state index in [1.807, 2.05) is 48.2 Å². The average molecular weight is 593 g/mol. The third-order valence-electron chi connectivity index (χ3n) is 8.75. The number of benzene rings is 6. The number of ether oxygens (including phenoxy) is 1. The molecule has 0 aliphatic carbocycles. The van der Waals surface area contributed by atoms with E-state index in [1.165, 1.54) is 16.5 Å². The lowest BCUT2D eigenvalue weighted by molar-refractivity contribution is -0.649. The van der Waals surface area contributed by atoms with Crippen molar-refractivity contribution >= 4 is 51.0 Å². The fourth-order valence-corrected chi connectivity index (χ4v) is 6.63. The molecule has 6 aromatic carbocycles. The van der Waals surface area contributed by atoms with Crippen LogP contribution in [0.3, 0.4) is 0 Å². The summed E-state index contributed by atoms with van der Waals surface area (Å²) in [5.41, 5.74) is 9.89. The Bertz CT molecular complexity index is 2530. The number of aromatic nitrogens is 3. The zero-order chi connectivity index (χ0) is 30.6. The molecule has 0 saturated carbocycles. The first-order valence-electron chi connectivity index (χ1n) is 15.4. The average Bonchev–Trinajstić information content (AvgIpc) is 3.60. The van der Waals surface area contributed by atoms with E-state index in [0.717, 1.165) is 61.6 Å². The molecule has 2 aromatic heterocycles. The van der Waals surface area contributed by atoms with Crippen LogP contribution in [-0.4, -0.2) is 15.3 Å². The SMILES string of the molecule is C[n+]1[c-]n(-c2cccc(Oc3ccc4c5ccccc5n(C5=C/c6ccccc6-c6ccccc6/C=N\5)c4c3)c2)c2ccccc21. The molecule has 0 spiro atoms. The number of fused-ring (bicyclic) bond motifs is 7. The Morgan fingerprint density at radius 2 is 1.30 bits per heavy atom. The van der Waals surface area contributed by atoms with E-state index < -0.39 is 0 Å². The predicted molar refractivity (Wildman–Crippen MR) is 186 cm³/mol. The van der Waals surface area contributed by atoms with Crippen LogP contribution in [0.2, 0.25) is 0 Å². The highest BCUT2D eigenvalue weighted by Gasteiger charge is 2.17. The van der Waals surface area contributed by atoms with Crippen molar-refractivity contribution in [2.24, 2.45) is 12.0 Å². The molecule has 0 N–H and O–H groups in total. The second kappa shape index (κ2) is 10.5. The molecule has 218 valence electrons. The Balaban J connectivity index is 1.18. The molecule has 0 fully saturated rings. The highest BCUT2D eigenvalue weighted by atomic mass is 16.5. The van der Waals surface area contributed by atoms with Gasteiger partial charge >= 0.3 is 0 Å². The number of hydrogen-bond donors (Lipinski definition) is 0. The molecule has 8 aromatic rings. The van der Waals surface area contributed by atoms with Gasteiger partial charge in [-0.3, -0.25) is 4.57 Å². The van der Waals surface area contributed by atoms with Gasteiger partial charge in [0, 0.05) is 28.6 Å². The summed E-state index contributed by atoms with van der Waals surface area (Å²) in [5, 5.41) is 2.31. The van der Waals surface area contributed by atoms with Crippen LogP contribution in [0.25, 0.3) is 61.6 Å². The van der Waals surface area contributed by atoms with Crippen molar-refractivity contribution in [3.63, 3.8) is 0 Å². The molecular formula is C41H28N4O. The molecule has 0 saturated heterocycles. The maximum absolute atomic E-state index is 6.55. The lowest BCUT2D eigenvalue weighted by Crippen LogP contribution is -2.26. The van der Waals surface area contributed by atoms with Gasteiger partial charge in [-0.15, -0.1) is 0 Å². The van der Waals surface area contributed by atoms with Crippen LogP contribution in [0.5, 0.6) is 11.5 Å². The second-order valence-corrected chi connectivity index (χ2v) is 11.5. The molecule has 0 atom stereocenters. The normalized spacial score (nSPS) is 14.3. The number of aliphatic imine (C=N–C) groups is 1. The van der Waals surface area contributed by atoms with Crippen molar-refractivity contribution in [3.05, 3.63) is 157 Å². The predicted octanol–water partition coefficient (Wildman–Crippen LogP) is 9.21. The van der Waals surface area contributed by atoms with Crippen LogP contribution < -0.4 is 9.30 Å². The van der Waals surface area contributed by atoms with E-state index in [1.54, 1.807) is 0 Å².